The molecule has 1 N–H and O–H groups in total. The molecule has 0 saturated carbocycles. The zero-order chi connectivity index (χ0) is 20.3. The molecule has 2 amide bonds. The van der Waals surface area contributed by atoms with Gasteiger partial charge in [-0.1, -0.05) is 17.7 Å². The number of piperidine rings is 1. The lowest BCUT2D eigenvalue weighted by Gasteiger charge is -2.34. The first-order chi connectivity index (χ1) is 13.3. The van der Waals surface area contributed by atoms with E-state index in [0.29, 0.717) is 27.9 Å². The summed E-state index contributed by atoms with van der Waals surface area (Å²) in [6, 6.07) is 7.83. The first kappa shape index (κ1) is 20.6. The maximum Gasteiger partial charge on any atom is 0.415 e. The molecule has 0 spiro atoms. The highest BCUT2D eigenvalue weighted by Gasteiger charge is 2.28. The van der Waals surface area contributed by atoms with Crippen LogP contribution in [0.1, 0.15) is 35.0 Å². The molecule has 2 aromatic rings. The van der Waals surface area contributed by atoms with E-state index in [2.05, 4.69) is 5.32 Å². The van der Waals surface area contributed by atoms with Gasteiger partial charge >= 0.3 is 6.09 Å². The number of rotatable bonds is 4. The van der Waals surface area contributed by atoms with Gasteiger partial charge in [-0.05, 0) is 56.9 Å². The number of thiophene rings is 1. The number of likely N-dealkylation sites (tertiary alicyclic amines) is 1. The van der Waals surface area contributed by atoms with Crippen molar-refractivity contribution in [3.63, 3.8) is 0 Å². The van der Waals surface area contributed by atoms with Gasteiger partial charge in [0.2, 0.25) is 0 Å². The van der Waals surface area contributed by atoms with Gasteiger partial charge in [0.05, 0.1) is 9.21 Å². The maximum absolute atomic E-state index is 13.6. The van der Waals surface area contributed by atoms with Gasteiger partial charge in [0.25, 0.3) is 5.91 Å². The number of amides is 2. The molecule has 0 aliphatic carbocycles. The van der Waals surface area contributed by atoms with Gasteiger partial charge in [0.15, 0.2) is 0 Å². The van der Waals surface area contributed by atoms with Crippen molar-refractivity contribution in [2.45, 2.75) is 32.7 Å². The molecule has 5 nitrogen and oxygen atoms in total. The summed E-state index contributed by atoms with van der Waals surface area (Å²) in [6.45, 7) is 4.61. The summed E-state index contributed by atoms with van der Waals surface area (Å²) in [4.78, 5) is 26.9. The number of carbonyl (C=O) groups excluding carboxylic acids is 2. The molecule has 1 fully saturated rings. The molecular formula is C20H22ClFN2O3S. The van der Waals surface area contributed by atoms with Gasteiger partial charge in [0.1, 0.15) is 11.6 Å². The Morgan fingerprint density at radius 1 is 1.29 bits per heavy atom. The van der Waals surface area contributed by atoms with Gasteiger partial charge < -0.3 is 15.0 Å². The van der Waals surface area contributed by atoms with E-state index in [1.54, 1.807) is 30.0 Å². The maximum atomic E-state index is 13.6. The monoisotopic (exact) mass is 424 g/mol. The van der Waals surface area contributed by atoms with Crippen molar-refractivity contribution in [2.75, 3.05) is 13.1 Å². The number of carbonyl (C=O) groups is 2. The predicted molar refractivity (Wildman–Crippen MR) is 108 cm³/mol. The highest BCUT2D eigenvalue weighted by atomic mass is 35.5. The molecule has 1 unspecified atom stereocenters. The Morgan fingerprint density at radius 3 is 2.64 bits per heavy atom. The van der Waals surface area contributed by atoms with Crippen LogP contribution >= 0.6 is 22.9 Å². The summed E-state index contributed by atoms with van der Waals surface area (Å²) in [5, 5.41) is 3.01. The van der Waals surface area contributed by atoms with Crippen LogP contribution in [0.5, 0.6) is 5.75 Å². The fourth-order valence-corrected chi connectivity index (χ4v) is 4.22. The minimum atomic E-state index is -0.475. The normalized spacial score (nSPS) is 15.9. The van der Waals surface area contributed by atoms with Crippen LogP contribution in [0.2, 0.25) is 4.34 Å². The second-order valence-corrected chi connectivity index (χ2v) is 8.64. The Hall–Kier alpha value is -2.12. The molecule has 3 rings (SSSR count). The average molecular weight is 425 g/mol. The van der Waals surface area contributed by atoms with Crippen LogP contribution in [-0.2, 0) is 0 Å². The third-order valence-electron chi connectivity index (χ3n) is 5.08. The SMILES string of the molecule is Cc1c(F)cccc1OC(=O)N1CCC(C(C)NC(=O)c2ccc(Cl)s2)CC1. The Labute approximate surface area is 172 Å². The topological polar surface area (TPSA) is 58.6 Å². The largest absolute Gasteiger partial charge is 0.415 e. The van der Waals surface area contributed by atoms with E-state index < -0.39 is 11.9 Å². The highest BCUT2D eigenvalue weighted by Crippen LogP contribution is 2.25. The molecule has 1 aromatic heterocycles. The molecule has 1 aromatic carbocycles. The summed E-state index contributed by atoms with van der Waals surface area (Å²) in [7, 11) is 0. The Balaban J connectivity index is 1.50. The second-order valence-electron chi connectivity index (χ2n) is 6.92. The number of ether oxygens (including phenoxy) is 1. The quantitative estimate of drug-likeness (QED) is 0.761. The molecule has 150 valence electrons. The van der Waals surface area contributed by atoms with Crippen molar-refractivity contribution in [2.24, 2.45) is 5.92 Å². The fourth-order valence-electron chi connectivity index (χ4n) is 3.27. The fraction of sp³-hybridized carbons (Fsp3) is 0.400. The van der Waals surface area contributed by atoms with E-state index in [0.717, 1.165) is 12.8 Å². The third kappa shape index (κ3) is 4.83. The van der Waals surface area contributed by atoms with Crippen LogP contribution in [-0.4, -0.2) is 36.0 Å². The van der Waals surface area contributed by atoms with Gasteiger partial charge in [-0.25, -0.2) is 9.18 Å². The van der Waals surface area contributed by atoms with E-state index in [-0.39, 0.29) is 23.6 Å². The Morgan fingerprint density at radius 2 is 2.00 bits per heavy atom. The van der Waals surface area contributed by atoms with Crippen LogP contribution in [0.15, 0.2) is 30.3 Å². The van der Waals surface area contributed by atoms with Crippen LogP contribution in [0.4, 0.5) is 9.18 Å². The average Bonchev–Trinajstić information content (AvgIpc) is 3.12. The van der Waals surface area contributed by atoms with Gasteiger partial charge in [-0.3, -0.25) is 4.79 Å². The van der Waals surface area contributed by atoms with Crippen molar-refractivity contribution < 1.29 is 18.7 Å². The summed E-state index contributed by atoms with van der Waals surface area (Å²) in [5.74, 6) is -0.0323. The third-order valence-corrected chi connectivity index (χ3v) is 6.31. The van der Waals surface area contributed by atoms with Crippen molar-refractivity contribution in [3.05, 3.63) is 50.9 Å². The summed E-state index contributed by atoms with van der Waals surface area (Å²) >= 11 is 7.13. The van der Waals surface area contributed by atoms with E-state index >= 15 is 0 Å². The molecule has 8 heteroatoms. The van der Waals surface area contributed by atoms with E-state index in [1.807, 2.05) is 6.92 Å². The number of nitrogens with one attached hydrogen (secondary N) is 1. The smallest absolute Gasteiger partial charge is 0.410 e. The summed E-state index contributed by atoms with van der Waals surface area (Å²) in [5.41, 5.74) is 0.316. The first-order valence-corrected chi connectivity index (χ1v) is 10.3. The molecule has 1 atom stereocenters. The van der Waals surface area contributed by atoms with Gasteiger partial charge in [-0.2, -0.15) is 0 Å². The lowest BCUT2D eigenvalue weighted by Crippen LogP contribution is -2.46. The van der Waals surface area contributed by atoms with Crippen molar-refractivity contribution in [1.29, 1.82) is 0 Å². The number of hydrogen-bond donors (Lipinski definition) is 1. The van der Waals surface area contributed by atoms with Crippen LogP contribution in [0, 0.1) is 18.7 Å². The molecule has 0 bridgehead atoms. The summed E-state index contributed by atoms with van der Waals surface area (Å²) in [6.07, 6.45) is 1.03. The van der Waals surface area contributed by atoms with Gasteiger partial charge in [0, 0.05) is 24.7 Å². The minimum absolute atomic E-state index is 0.0167. The molecule has 1 aliphatic heterocycles. The van der Waals surface area contributed by atoms with Crippen molar-refractivity contribution >= 4 is 34.9 Å². The van der Waals surface area contributed by atoms with Gasteiger partial charge in [-0.15, -0.1) is 11.3 Å². The van der Waals surface area contributed by atoms with Crippen LogP contribution < -0.4 is 10.1 Å². The second kappa shape index (κ2) is 8.92. The lowest BCUT2D eigenvalue weighted by atomic mass is 9.90. The van der Waals surface area contributed by atoms with Crippen LogP contribution in [0.3, 0.4) is 0 Å². The van der Waals surface area contributed by atoms with Crippen LogP contribution in [0.25, 0.3) is 0 Å². The zero-order valence-corrected chi connectivity index (χ0v) is 17.3. The highest BCUT2D eigenvalue weighted by molar-refractivity contribution is 7.18. The summed E-state index contributed by atoms with van der Waals surface area (Å²) < 4.78 is 19.5. The number of hydrogen-bond acceptors (Lipinski definition) is 4. The number of nitrogens with zero attached hydrogens (tertiary/aromatic N) is 1. The van der Waals surface area contributed by atoms with E-state index in [1.165, 1.54) is 23.5 Å². The molecule has 28 heavy (non-hydrogen) atoms. The Kier molecular flexibility index (Phi) is 6.57. The zero-order valence-electron chi connectivity index (χ0n) is 15.7. The lowest BCUT2D eigenvalue weighted by molar-refractivity contribution is 0.0899. The Bertz CT molecular complexity index is 865. The predicted octanol–water partition coefficient (Wildman–Crippen LogP) is 4.88. The number of benzene rings is 1. The molecule has 0 radical (unpaired) electrons. The van der Waals surface area contributed by atoms with E-state index in [4.69, 9.17) is 16.3 Å². The van der Waals surface area contributed by atoms with Crippen molar-refractivity contribution in [1.82, 2.24) is 10.2 Å². The first-order valence-electron chi connectivity index (χ1n) is 9.13. The molecule has 1 saturated heterocycles. The minimum Gasteiger partial charge on any atom is -0.410 e. The van der Waals surface area contributed by atoms with Crippen molar-refractivity contribution in [3.8, 4) is 5.75 Å². The molecular weight excluding hydrogens is 403 g/mol. The standard InChI is InChI=1S/C20H22ClFN2O3S/c1-12-15(22)4-3-5-16(12)27-20(26)24-10-8-14(9-11-24)13(2)23-19(25)17-6-7-18(21)28-17/h3-7,13-14H,8-11H2,1-2H3,(H,23,25). The number of halogens is 2. The molecule has 1 aliphatic rings. The molecule has 2 heterocycles. The van der Waals surface area contributed by atoms with E-state index in [9.17, 15) is 14.0 Å².